The summed E-state index contributed by atoms with van der Waals surface area (Å²) in [5.41, 5.74) is 1.35. The maximum atomic E-state index is 6.30. The van der Waals surface area contributed by atoms with Crippen LogP contribution in [-0.4, -0.2) is 36.1 Å². The van der Waals surface area contributed by atoms with Crippen LogP contribution in [0.4, 0.5) is 0 Å². The summed E-state index contributed by atoms with van der Waals surface area (Å²) in [5.74, 6) is 0.669. The normalized spacial score (nSPS) is 31.1. The number of rotatable bonds is 4. The fraction of sp³-hybridized carbons (Fsp3) is 0.667. The molecule has 1 aliphatic heterocycles. The smallest absolute Gasteiger partial charge is 0.0440 e. The lowest BCUT2D eigenvalue weighted by atomic mass is 9.75. The molecule has 2 saturated carbocycles. The summed E-state index contributed by atoms with van der Waals surface area (Å²) in [6.45, 7) is 2.62. The first kappa shape index (κ1) is 14.0. The molecule has 3 fully saturated rings. The van der Waals surface area contributed by atoms with Crippen molar-refractivity contribution in [3.05, 3.63) is 34.9 Å². The van der Waals surface area contributed by atoms with Gasteiger partial charge in [0.15, 0.2) is 0 Å². The van der Waals surface area contributed by atoms with E-state index in [4.69, 9.17) is 11.6 Å². The molecule has 1 aromatic rings. The summed E-state index contributed by atoms with van der Waals surface area (Å²) in [6, 6.07) is 10.7. The van der Waals surface area contributed by atoms with Gasteiger partial charge in [0.05, 0.1) is 0 Å². The van der Waals surface area contributed by atoms with Gasteiger partial charge in [0.2, 0.25) is 0 Å². The second-order valence-electron chi connectivity index (χ2n) is 7.09. The van der Waals surface area contributed by atoms with Gasteiger partial charge in [-0.2, -0.15) is 0 Å². The summed E-state index contributed by atoms with van der Waals surface area (Å²) in [7, 11) is 0. The van der Waals surface area contributed by atoms with Crippen molar-refractivity contribution in [2.75, 3.05) is 13.1 Å². The average Bonchev–Trinajstić information content (AvgIpc) is 3.29. The Morgan fingerprint density at radius 1 is 0.952 bits per heavy atom. The molecule has 0 radical (unpaired) electrons. The van der Waals surface area contributed by atoms with Gasteiger partial charge in [0.25, 0.3) is 0 Å². The van der Waals surface area contributed by atoms with Gasteiger partial charge in [-0.1, -0.05) is 29.8 Å². The molecule has 1 N–H and O–H groups in total. The van der Waals surface area contributed by atoms with Crippen LogP contribution in [0, 0.1) is 0 Å². The van der Waals surface area contributed by atoms with Crippen LogP contribution < -0.4 is 5.32 Å². The van der Waals surface area contributed by atoms with E-state index in [2.05, 4.69) is 22.3 Å². The summed E-state index contributed by atoms with van der Waals surface area (Å²) >= 11 is 6.30. The van der Waals surface area contributed by atoms with E-state index < -0.39 is 0 Å². The molecular formula is C18H25ClN2. The molecule has 1 aromatic carbocycles. The number of hydrogen-bond donors (Lipinski definition) is 1. The largest absolute Gasteiger partial charge is 0.311 e. The zero-order valence-corrected chi connectivity index (χ0v) is 13.4. The molecular weight excluding hydrogens is 280 g/mol. The van der Waals surface area contributed by atoms with Crippen LogP contribution in [0.15, 0.2) is 24.3 Å². The number of nitrogens with zero attached hydrogens (tertiary/aromatic N) is 1. The highest BCUT2D eigenvalue weighted by molar-refractivity contribution is 6.31. The first-order chi connectivity index (χ1) is 10.3. The third-order valence-corrected chi connectivity index (χ3v) is 5.89. The molecule has 0 spiro atoms. The van der Waals surface area contributed by atoms with Crippen molar-refractivity contribution in [2.45, 2.75) is 62.6 Å². The van der Waals surface area contributed by atoms with Gasteiger partial charge < -0.3 is 10.2 Å². The van der Waals surface area contributed by atoms with Gasteiger partial charge in [-0.05, 0) is 69.2 Å². The lowest BCUT2D eigenvalue weighted by Gasteiger charge is -2.41. The van der Waals surface area contributed by atoms with Crippen molar-refractivity contribution in [3.63, 3.8) is 0 Å². The van der Waals surface area contributed by atoms with E-state index in [0.29, 0.717) is 12.0 Å². The summed E-state index contributed by atoms with van der Waals surface area (Å²) < 4.78 is 0. The lowest BCUT2D eigenvalue weighted by Crippen LogP contribution is -2.50. The highest BCUT2D eigenvalue weighted by atomic mass is 35.5. The Balaban J connectivity index is 1.23. The topological polar surface area (TPSA) is 15.3 Å². The first-order valence-electron chi connectivity index (χ1n) is 8.54. The Labute approximate surface area is 132 Å². The second kappa shape index (κ2) is 5.91. The number of benzene rings is 1. The molecule has 21 heavy (non-hydrogen) atoms. The van der Waals surface area contributed by atoms with Crippen LogP contribution in [0.5, 0.6) is 0 Å². The maximum absolute atomic E-state index is 6.30. The Hall–Kier alpha value is -0.570. The van der Waals surface area contributed by atoms with Crippen LogP contribution in [-0.2, 0) is 0 Å². The van der Waals surface area contributed by atoms with Crippen molar-refractivity contribution in [1.82, 2.24) is 10.2 Å². The quantitative estimate of drug-likeness (QED) is 0.910. The van der Waals surface area contributed by atoms with Gasteiger partial charge in [-0.25, -0.2) is 0 Å². The van der Waals surface area contributed by atoms with Gasteiger partial charge in [-0.15, -0.1) is 0 Å². The molecule has 1 saturated heterocycles. The summed E-state index contributed by atoms with van der Waals surface area (Å²) in [5, 5.41) is 4.83. The van der Waals surface area contributed by atoms with Crippen molar-refractivity contribution in [2.24, 2.45) is 0 Å². The maximum Gasteiger partial charge on any atom is 0.0440 e. The number of hydrogen-bond acceptors (Lipinski definition) is 2. The Bertz CT molecular complexity index is 486. The molecule has 2 aliphatic carbocycles. The molecule has 0 aromatic heterocycles. The van der Waals surface area contributed by atoms with Crippen LogP contribution in [0.1, 0.15) is 50.0 Å². The molecule has 2 nitrogen and oxygen atoms in total. The van der Waals surface area contributed by atoms with Crippen molar-refractivity contribution in [3.8, 4) is 0 Å². The molecule has 3 heteroatoms. The SMILES string of the molecule is Clc1ccccc1C1CC(NC2CCN(C3CC3)CC2)C1. The fourth-order valence-electron chi connectivity index (χ4n) is 4.02. The molecule has 0 amide bonds. The third kappa shape index (κ3) is 3.13. The number of halogens is 1. The van der Waals surface area contributed by atoms with E-state index in [9.17, 15) is 0 Å². The number of piperidine rings is 1. The van der Waals surface area contributed by atoms with Crippen LogP contribution in [0.25, 0.3) is 0 Å². The Morgan fingerprint density at radius 3 is 2.33 bits per heavy atom. The third-order valence-electron chi connectivity index (χ3n) is 5.55. The van der Waals surface area contributed by atoms with E-state index in [1.54, 1.807) is 0 Å². The molecule has 1 heterocycles. The minimum Gasteiger partial charge on any atom is -0.311 e. The Morgan fingerprint density at radius 2 is 1.67 bits per heavy atom. The van der Waals surface area contributed by atoms with E-state index in [1.165, 1.54) is 57.2 Å². The molecule has 4 rings (SSSR count). The number of nitrogens with one attached hydrogen (secondary N) is 1. The van der Waals surface area contributed by atoms with Crippen LogP contribution >= 0.6 is 11.6 Å². The number of likely N-dealkylation sites (tertiary alicyclic amines) is 1. The summed E-state index contributed by atoms with van der Waals surface area (Å²) in [4.78, 5) is 2.70. The van der Waals surface area contributed by atoms with E-state index in [1.807, 2.05) is 12.1 Å². The monoisotopic (exact) mass is 304 g/mol. The first-order valence-corrected chi connectivity index (χ1v) is 8.92. The fourth-order valence-corrected chi connectivity index (χ4v) is 4.31. The molecule has 0 bridgehead atoms. The highest BCUT2D eigenvalue weighted by Crippen LogP contribution is 2.40. The van der Waals surface area contributed by atoms with Crippen molar-refractivity contribution in [1.29, 1.82) is 0 Å². The average molecular weight is 305 g/mol. The second-order valence-corrected chi connectivity index (χ2v) is 7.50. The van der Waals surface area contributed by atoms with Gasteiger partial charge in [0.1, 0.15) is 0 Å². The minimum absolute atomic E-state index is 0.669. The molecule has 0 unspecified atom stereocenters. The zero-order chi connectivity index (χ0) is 14.2. The van der Waals surface area contributed by atoms with Crippen LogP contribution in [0.2, 0.25) is 5.02 Å². The Kier molecular flexibility index (Phi) is 3.95. The zero-order valence-electron chi connectivity index (χ0n) is 12.6. The van der Waals surface area contributed by atoms with Crippen LogP contribution in [0.3, 0.4) is 0 Å². The lowest BCUT2D eigenvalue weighted by molar-refractivity contribution is 0.165. The van der Waals surface area contributed by atoms with Gasteiger partial charge in [-0.3, -0.25) is 0 Å². The summed E-state index contributed by atoms with van der Waals surface area (Å²) in [6.07, 6.45) is 8.08. The molecule has 0 atom stereocenters. The van der Waals surface area contributed by atoms with E-state index in [0.717, 1.165) is 17.1 Å². The highest BCUT2D eigenvalue weighted by Gasteiger charge is 2.35. The molecule has 3 aliphatic rings. The predicted octanol–water partition coefficient (Wildman–Crippen LogP) is 3.80. The van der Waals surface area contributed by atoms with E-state index in [-0.39, 0.29) is 0 Å². The standard InChI is InChI=1S/C18H25ClN2/c19-18-4-2-1-3-17(18)13-11-15(12-13)20-14-7-9-21(10-8-14)16-5-6-16/h1-4,13-16,20H,5-12H2. The van der Waals surface area contributed by atoms with Crippen molar-refractivity contribution < 1.29 is 0 Å². The van der Waals surface area contributed by atoms with Gasteiger partial charge in [0, 0.05) is 23.1 Å². The molecule has 114 valence electrons. The van der Waals surface area contributed by atoms with E-state index >= 15 is 0 Å². The minimum atomic E-state index is 0.669. The van der Waals surface area contributed by atoms with Crippen molar-refractivity contribution >= 4 is 11.6 Å². The van der Waals surface area contributed by atoms with Gasteiger partial charge >= 0.3 is 0 Å². The predicted molar refractivity (Wildman–Crippen MR) is 88.0 cm³/mol.